The summed E-state index contributed by atoms with van der Waals surface area (Å²) in [6.07, 6.45) is -46.0. The Morgan fingerprint density at radius 2 is 0.661 bits per heavy atom. The zero-order valence-corrected chi connectivity index (χ0v) is 29.2. The number of ether oxygens (including phenoxy) is 9. The lowest BCUT2D eigenvalue weighted by Gasteiger charge is -2.47. The van der Waals surface area contributed by atoms with Gasteiger partial charge in [-0.15, -0.1) is 0 Å². The van der Waals surface area contributed by atoms with E-state index >= 15 is 0 Å². The van der Waals surface area contributed by atoms with Crippen molar-refractivity contribution in [3.8, 4) is 0 Å². The molecule has 0 amide bonds. The summed E-state index contributed by atoms with van der Waals surface area (Å²) < 4.78 is 49.2. The first-order chi connectivity index (χ1) is 26.4. The van der Waals surface area contributed by atoms with Crippen LogP contribution in [0.15, 0.2) is 0 Å². The molecule has 26 heteroatoms. The Bertz CT molecular complexity index is 1200. The molecule has 26 nitrogen and oxygen atoms in total. The predicted octanol–water partition coefficient (Wildman–Crippen LogP) is -11.9. The van der Waals surface area contributed by atoms with Gasteiger partial charge in [-0.3, -0.25) is 0 Å². The Balaban J connectivity index is 1.33. The molecule has 0 aromatic heterocycles. The van der Waals surface area contributed by atoms with Gasteiger partial charge in [-0.1, -0.05) is 0 Å². The highest BCUT2D eigenvalue weighted by Crippen LogP contribution is 2.33. The maximum absolute atomic E-state index is 11.2. The van der Waals surface area contributed by atoms with Crippen molar-refractivity contribution in [3.05, 3.63) is 0 Å². The zero-order chi connectivity index (χ0) is 41.3. The summed E-state index contributed by atoms with van der Waals surface area (Å²) in [5.41, 5.74) is 0. The average Bonchev–Trinajstić information content (AvgIpc) is 3.18. The molecule has 0 saturated carbocycles. The van der Waals surface area contributed by atoms with E-state index in [1.165, 1.54) is 0 Å². The second-order valence-corrected chi connectivity index (χ2v) is 14.0. The third-order valence-corrected chi connectivity index (χ3v) is 10.3. The Kier molecular flexibility index (Phi) is 16.1. The number of rotatable bonds is 13. The number of aliphatic hydroxyl groups is 17. The molecule has 5 rings (SSSR count). The smallest absolute Gasteiger partial charge is 0.187 e. The van der Waals surface area contributed by atoms with Crippen LogP contribution in [0.4, 0.5) is 0 Å². The van der Waals surface area contributed by atoms with E-state index in [4.69, 9.17) is 42.6 Å². The predicted molar refractivity (Wildman–Crippen MR) is 167 cm³/mol. The van der Waals surface area contributed by atoms with Crippen molar-refractivity contribution in [1.82, 2.24) is 0 Å². The topological polar surface area (TPSA) is 427 Å². The fourth-order valence-electron chi connectivity index (χ4n) is 6.79. The largest absolute Gasteiger partial charge is 0.394 e. The summed E-state index contributed by atoms with van der Waals surface area (Å²) in [7, 11) is 0. The van der Waals surface area contributed by atoms with Crippen LogP contribution in [0.3, 0.4) is 0 Å². The molecule has 5 saturated heterocycles. The second kappa shape index (κ2) is 19.6. The molecule has 5 aliphatic heterocycles. The molecule has 0 bridgehead atoms. The van der Waals surface area contributed by atoms with E-state index in [2.05, 4.69) is 0 Å². The monoisotopic (exact) mass is 828 g/mol. The van der Waals surface area contributed by atoms with Gasteiger partial charge < -0.3 is 129 Å². The van der Waals surface area contributed by atoms with Crippen LogP contribution >= 0.6 is 0 Å². The molecule has 25 atom stereocenters. The van der Waals surface area contributed by atoms with Crippen LogP contribution in [0.1, 0.15) is 0 Å². The Morgan fingerprint density at radius 1 is 0.304 bits per heavy atom. The Labute approximate surface area is 316 Å². The van der Waals surface area contributed by atoms with Gasteiger partial charge in [-0.2, -0.15) is 0 Å². The van der Waals surface area contributed by atoms with Crippen molar-refractivity contribution < 1.29 is 129 Å². The Hall–Kier alpha value is -1.04. The zero-order valence-electron chi connectivity index (χ0n) is 29.2. The van der Waals surface area contributed by atoms with E-state index in [1.807, 2.05) is 0 Å². The molecule has 0 unspecified atom stereocenters. The second-order valence-electron chi connectivity index (χ2n) is 14.0. The molecular weight excluding hydrogens is 776 g/mol. The van der Waals surface area contributed by atoms with Crippen molar-refractivity contribution in [2.75, 3.05) is 33.0 Å². The third-order valence-electron chi connectivity index (χ3n) is 10.3. The van der Waals surface area contributed by atoms with Crippen molar-refractivity contribution in [3.63, 3.8) is 0 Å². The van der Waals surface area contributed by atoms with Gasteiger partial charge in [0.2, 0.25) is 0 Å². The summed E-state index contributed by atoms with van der Waals surface area (Å²) in [5.74, 6) is 0. The van der Waals surface area contributed by atoms with Crippen molar-refractivity contribution in [2.24, 2.45) is 0 Å². The van der Waals surface area contributed by atoms with Gasteiger partial charge >= 0.3 is 0 Å². The summed E-state index contributed by atoms with van der Waals surface area (Å²) in [5, 5.41) is 175. The van der Waals surface area contributed by atoms with Crippen molar-refractivity contribution >= 4 is 0 Å². The van der Waals surface area contributed by atoms with Crippen LogP contribution in [0, 0.1) is 0 Å². The van der Waals surface area contributed by atoms with Crippen LogP contribution in [0.25, 0.3) is 0 Å². The van der Waals surface area contributed by atoms with Gasteiger partial charge in [-0.25, -0.2) is 0 Å². The van der Waals surface area contributed by atoms with E-state index < -0.39 is 187 Å². The maximum Gasteiger partial charge on any atom is 0.187 e. The first kappa shape index (κ1) is 46.0. The molecule has 56 heavy (non-hydrogen) atoms. The van der Waals surface area contributed by atoms with Gasteiger partial charge in [0.15, 0.2) is 31.5 Å². The minimum atomic E-state index is -2.12. The summed E-state index contributed by atoms with van der Waals surface area (Å²) >= 11 is 0. The normalized spacial score (nSPS) is 53.2. The van der Waals surface area contributed by atoms with E-state index in [0.29, 0.717) is 0 Å². The number of hydrogen-bond acceptors (Lipinski definition) is 26. The molecule has 328 valence electrons. The lowest BCUT2D eigenvalue weighted by atomic mass is 9.96. The summed E-state index contributed by atoms with van der Waals surface area (Å²) in [6.45, 7) is -4.14. The third kappa shape index (κ3) is 9.46. The molecule has 17 N–H and O–H groups in total. The lowest BCUT2D eigenvalue weighted by molar-refractivity contribution is -0.380. The molecule has 0 radical (unpaired) electrons. The number of hydrogen-bond donors (Lipinski definition) is 17. The van der Waals surface area contributed by atoms with E-state index in [-0.39, 0.29) is 0 Å². The van der Waals surface area contributed by atoms with E-state index in [0.717, 1.165) is 0 Å². The molecule has 5 heterocycles. The van der Waals surface area contributed by atoms with Crippen LogP contribution < -0.4 is 0 Å². The summed E-state index contributed by atoms with van der Waals surface area (Å²) in [6, 6.07) is 0. The first-order valence-electron chi connectivity index (χ1n) is 17.6. The minimum absolute atomic E-state index is 0.768. The SMILES string of the molecule is OC[C@H]1O[C@H](OC[C@H]2O[C@H](OC[C@H]3O[C@H](O)[C@@H](O)[C@@H](O[C@H]4O[C@H](CO)[C@@H](O)[C@H](O)[C@@H]4O)[C@@H]3O)[C@@H](O[C@H]3O[C@H](CO)[C@@H](O)[C@H](O)[C@@H]3O)[C@@H](O)[C@@H]2O)[C@@H](O)[C@@H](O)[C@@H]1O. The molecule has 5 aliphatic rings. The first-order valence-corrected chi connectivity index (χ1v) is 17.6. The molecule has 0 spiro atoms. The standard InChI is InChI=1S/C30H52O26/c31-1-6-11(34)16(39)20(43)27(51-6)48-4-9-14(37)19(42)25(56-29-22(45)18(41)13(36)8(3-33)53-29)30(54-9)49-5-10-15(38)24(23(46)26(47)50-10)55-28-21(44)17(40)12(35)7(2-32)52-28/h6-47H,1-5H2/t6-,7-,8-,9-,10-,11-,12-,13-,14-,15-,16+,17+,18+,19+,20+,21+,22+,23+,24+,25+,26+,27+,28-,29-,30+/m1/s1. The Morgan fingerprint density at radius 3 is 1.12 bits per heavy atom. The summed E-state index contributed by atoms with van der Waals surface area (Å²) in [4.78, 5) is 0. The lowest BCUT2D eigenvalue weighted by Crippen LogP contribution is -2.66. The van der Waals surface area contributed by atoms with Crippen LogP contribution in [0.5, 0.6) is 0 Å². The van der Waals surface area contributed by atoms with E-state index in [1.54, 1.807) is 0 Å². The maximum atomic E-state index is 11.2. The number of aliphatic hydroxyl groups excluding tert-OH is 17. The van der Waals surface area contributed by atoms with Crippen LogP contribution in [-0.2, 0) is 42.6 Å². The molecule has 0 aromatic rings. The van der Waals surface area contributed by atoms with Gasteiger partial charge in [-0.05, 0) is 0 Å². The fourth-order valence-corrected chi connectivity index (χ4v) is 6.79. The van der Waals surface area contributed by atoms with Crippen LogP contribution in [0.2, 0.25) is 0 Å². The van der Waals surface area contributed by atoms with Gasteiger partial charge in [0.25, 0.3) is 0 Å². The van der Waals surface area contributed by atoms with Crippen LogP contribution in [-0.4, -0.2) is 273 Å². The van der Waals surface area contributed by atoms with E-state index in [9.17, 15) is 86.8 Å². The average molecular weight is 829 g/mol. The highest BCUT2D eigenvalue weighted by molar-refractivity contribution is 4.97. The van der Waals surface area contributed by atoms with Gasteiger partial charge in [0.1, 0.15) is 122 Å². The van der Waals surface area contributed by atoms with Gasteiger partial charge in [0.05, 0.1) is 33.0 Å². The highest BCUT2D eigenvalue weighted by Gasteiger charge is 2.54. The fraction of sp³-hybridized carbons (Fsp3) is 1.00. The molecule has 5 fully saturated rings. The molecular formula is C30H52O26. The highest BCUT2D eigenvalue weighted by atomic mass is 16.8. The van der Waals surface area contributed by atoms with Crippen molar-refractivity contribution in [1.29, 1.82) is 0 Å². The van der Waals surface area contributed by atoms with Crippen molar-refractivity contribution in [2.45, 2.75) is 154 Å². The minimum Gasteiger partial charge on any atom is -0.394 e. The molecule has 0 aromatic carbocycles. The molecule has 0 aliphatic carbocycles. The van der Waals surface area contributed by atoms with Gasteiger partial charge in [0, 0.05) is 0 Å². The quantitative estimate of drug-likeness (QED) is 0.0819.